The summed E-state index contributed by atoms with van der Waals surface area (Å²) in [6.07, 6.45) is 0. The maximum Gasteiger partial charge on any atom is 0.136 e. The van der Waals surface area contributed by atoms with Gasteiger partial charge in [0, 0.05) is 10.8 Å². The molecule has 0 aliphatic heterocycles. The van der Waals surface area contributed by atoms with E-state index in [0.717, 1.165) is 88.0 Å². The highest BCUT2D eigenvalue weighted by Crippen LogP contribution is 2.48. The first-order chi connectivity index (χ1) is 27.4. The molecule has 51 heavy (non-hydrogen) atoms. The molecule has 0 aliphatic rings. The molecular weight excluding hydrogens is 617 g/mol. The summed E-state index contributed by atoms with van der Waals surface area (Å²) in [5.74, 6) is 0. The number of hydrogen-bond donors (Lipinski definition) is 0. The molecule has 0 saturated carbocycles. The van der Waals surface area contributed by atoms with Gasteiger partial charge in [-0.3, -0.25) is 0 Å². The highest BCUT2D eigenvalue weighted by Gasteiger charge is 2.21. The van der Waals surface area contributed by atoms with E-state index in [2.05, 4.69) is 97.1 Å². The van der Waals surface area contributed by atoms with Gasteiger partial charge < -0.3 is 4.42 Å². The van der Waals surface area contributed by atoms with E-state index in [0.29, 0.717) is 5.56 Å². The van der Waals surface area contributed by atoms with Gasteiger partial charge in [-0.15, -0.1) is 0 Å². The zero-order valence-electron chi connectivity index (χ0n) is 32.5. The van der Waals surface area contributed by atoms with E-state index < -0.39 is 6.04 Å². The minimum Gasteiger partial charge on any atom is -0.456 e. The fourth-order valence-corrected chi connectivity index (χ4v) is 7.73. The van der Waals surface area contributed by atoms with Crippen molar-refractivity contribution < 1.29 is 11.3 Å². The molecule has 0 radical (unpaired) electrons. The molecule has 0 N–H and O–H groups in total. The molecule has 0 saturated heterocycles. The van der Waals surface area contributed by atoms with Crippen LogP contribution in [-0.4, -0.2) is 0 Å². The van der Waals surface area contributed by atoms with Crippen LogP contribution in [0.3, 0.4) is 0 Å². The summed E-state index contributed by atoms with van der Waals surface area (Å²) in [5.41, 5.74) is 10.6. The molecule has 0 spiro atoms. The van der Waals surface area contributed by atoms with Crippen LogP contribution in [0.25, 0.3) is 99.1 Å². The summed E-state index contributed by atoms with van der Waals surface area (Å²) >= 11 is 0. The van der Waals surface area contributed by atoms with Crippen LogP contribution >= 0.6 is 0 Å². The van der Waals surface area contributed by atoms with E-state index in [-0.39, 0.29) is 29.7 Å². The highest BCUT2D eigenvalue weighted by molar-refractivity contribution is 6.25. The number of benzene rings is 9. The standard InChI is InChI=1S/C50H32O/c1-4-15-33(16-5-1)36-27-30-43-47(32-36)51-46-26-14-25-44(50(43)46)49-41-23-12-10-21-39(41)48(40-22-11-13-24-42(40)49)37-28-29-38(34-17-6-2-7-18-34)45(31-37)35-19-8-3-9-20-35/h1-32H/i2D,6D,7D,17D,18D. The lowest BCUT2D eigenvalue weighted by Gasteiger charge is -2.19. The van der Waals surface area contributed by atoms with Crippen LogP contribution in [0.5, 0.6) is 0 Å². The minimum atomic E-state index is -0.407. The lowest BCUT2D eigenvalue weighted by molar-refractivity contribution is 0.669. The van der Waals surface area contributed by atoms with Gasteiger partial charge in [0.25, 0.3) is 0 Å². The third-order valence-electron chi connectivity index (χ3n) is 9.97. The first-order valence-corrected chi connectivity index (χ1v) is 17.1. The second kappa shape index (κ2) is 12.0. The molecule has 1 heterocycles. The van der Waals surface area contributed by atoms with Gasteiger partial charge in [-0.25, -0.2) is 0 Å². The molecule has 9 aromatic carbocycles. The van der Waals surface area contributed by atoms with E-state index in [1.54, 1.807) is 0 Å². The van der Waals surface area contributed by atoms with Crippen molar-refractivity contribution in [2.45, 2.75) is 0 Å². The normalized spacial score (nSPS) is 12.9. The van der Waals surface area contributed by atoms with Crippen molar-refractivity contribution in [1.29, 1.82) is 0 Å². The quantitative estimate of drug-likeness (QED) is 0.169. The van der Waals surface area contributed by atoms with Gasteiger partial charge in [-0.1, -0.05) is 170 Å². The average molecular weight is 654 g/mol. The molecule has 1 heteroatoms. The predicted molar refractivity (Wildman–Crippen MR) is 216 cm³/mol. The van der Waals surface area contributed by atoms with Crippen LogP contribution in [0.4, 0.5) is 0 Å². The van der Waals surface area contributed by atoms with E-state index in [1.807, 2.05) is 66.7 Å². The molecule has 0 atom stereocenters. The molecule has 0 unspecified atom stereocenters. The Kier molecular flexibility index (Phi) is 5.76. The molecule has 10 rings (SSSR count). The fraction of sp³-hybridized carbons (Fsp3) is 0. The molecule has 10 aromatic rings. The van der Waals surface area contributed by atoms with Gasteiger partial charge in [0.05, 0.1) is 6.85 Å². The first-order valence-electron chi connectivity index (χ1n) is 19.6. The van der Waals surface area contributed by atoms with E-state index in [4.69, 9.17) is 11.3 Å². The molecule has 1 aromatic heterocycles. The van der Waals surface area contributed by atoms with Gasteiger partial charge in [0.1, 0.15) is 11.2 Å². The minimum absolute atomic E-state index is 0.183. The fourth-order valence-electron chi connectivity index (χ4n) is 7.73. The van der Waals surface area contributed by atoms with Crippen molar-refractivity contribution >= 4 is 43.5 Å². The Hall–Kier alpha value is -6.70. The number of hydrogen-bond acceptors (Lipinski definition) is 1. The lowest BCUT2D eigenvalue weighted by Crippen LogP contribution is -1.93. The van der Waals surface area contributed by atoms with Gasteiger partial charge in [-0.2, -0.15) is 0 Å². The predicted octanol–water partition coefficient (Wildman–Crippen LogP) is 14.2. The summed E-state index contributed by atoms with van der Waals surface area (Å²) in [6.45, 7) is 0. The zero-order chi connectivity index (χ0) is 38.1. The molecule has 238 valence electrons. The summed E-state index contributed by atoms with van der Waals surface area (Å²) < 4.78 is 49.3. The van der Waals surface area contributed by atoms with Crippen LogP contribution in [-0.2, 0) is 0 Å². The van der Waals surface area contributed by atoms with E-state index in [9.17, 15) is 0 Å². The first kappa shape index (κ1) is 24.4. The van der Waals surface area contributed by atoms with Crippen molar-refractivity contribution in [3.05, 3.63) is 194 Å². The third-order valence-corrected chi connectivity index (χ3v) is 9.97. The van der Waals surface area contributed by atoms with Crippen LogP contribution in [0.2, 0.25) is 0 Å². The molecule has 0 aliphatic carbocycles. The Morgan fingerprint density at radius 3 is 1.63 bits per heavy atom. The summed E-state index contributed by atoms with van der Waals surface area (Å²) in [5, 5.41) is 6.47. The van der Waals surface area contributed by atoms with Crippen molar-refractivity contribution in [2.24, 2.45) is 0 Å². The van der Waals surface area contributed by atoms with Crippen molar-refractivity contribution in [3.8, 4) is 55.6 Å². The second-order valence-electron chi connectivity index (χ2n) is 12.8. The van der Waals surface area contributed by atoms with Gasteiger partial charge in [0.2, 0.25) is 0 Å². The number of fused-ring (bicyclic) bond motifs is 5. The smallest absolute Gasteiger partial charge is 0.136 e. The maximum absolute atomic E-state index is 8.84. The SMILES string of the molecule is [2H]c1c([2H])c([2H])c(-c2ccc(-c3c4ccccc4c(-c4cccc5oc6cc(-c7ccccc7)ccc6c45)c4ccccc34)cc2-c2ccccc2)c([2H])c1[2H]. The topological polar surface area (TPSA) is 13.1 Å². The van der Waals surface area contributed by atoms with Gasteiger partial charge in [0.15, 0.2) is 0 Å². The number of rotatable bonds is 5. The van der Waals surface area contributed by atoms with Crippen molar-refractivity contribution in [1.82, 2.24) is 0 Å². The van der Waals surface area contributed by atoms with Crippen molar-refractivity contribution in [2.75, 3.05) is 0 Å². The zero-order valence-corrected chi connectivity index (χ0v) is 27.5. The number of furan rings is 1. The van der Waals surface area contributed by atoms with Gasteiger partial charge >= 0.3 is 0 Å². The molecular formula is C50H32O. The lowest BCUT2D eigenvalue weighted by atomic mass is 9.83. The Balaban J connectivity index is 1.24. The van der Waals surface area contributed by atoms with E-state index in [1.165, 1.54) is 0 Å². The largest absolute Gasteiger partial charge is 0.456 e. The Bertz CT molecular complexity index is 3100. The Morgan fingerprint density at radius 2 is 0.941 bits per heavy atom. The molecule has 1 nitrogen and oxygen atoms in total. The maximum atomic E-state index is 8.84. The Labute approximate surface area is 303 Å². The summed E-state index contributed by atoms with van der Waals surface area (Å²) in [7, 11) is 0. The van der Waals surface area contributed by atoms with Crippen LogP contribution in [0.15, 0.2) is 198 Å². The van der Waals surface area contributed by atoms with Crippen LogP contribution < -0.4 is 0 Å². The average Bonchev–Trinajstić information content (AvgIpc) is 3.63. The van der Waals surface area contributed by atoms with Crippen molar-refractivity contribution in [3.63, 3.8) is 0 Å². The summed E-state index contributed by atoms with van der Waals surface area (Å²) in [4.78, 5) is 0. The van der Waals surface area contributed by atoms with Crippen LogP contribution in [0, 0.1) is 0 Å². The monoisotopic (exact) mass is 653 g/mol. The molecule has 0 amide bonds. The Morgan fingerprint density at radius 1 is 0.333 bits per heavy atom. The summed E-state index contributed by atoms with van der Waals surface area (Å²) in [6, 6.07) is 54.5. The highest BCUT2D eigenvalue weighted by atomic mass is 16.3. The van der Waals surface area contributed by atoms with E-state index >= 15 is 0 Å². The molecule has 0 fully saturated rings. The third kappa shape index (κ3) is 4.86. The van der Waals surface area contributed by atoms with Gasteiger partial charge in [-0.05, 0) is 101 Å². The second-order valence-corrected chi connectivity index (χ2v) is 12.8. The van der Waals surface area contributed by atoms with Crippen LogP contribution in [0.1, 0.15) is 6.85 Å². The molecule has 0 bridgehead atoms.